The van der Waals surface area contributed by atoms with Crippen LogP contribution in [0.3, 0.4) is 0 Å². The van der Waals surface area contributed by atoms with E-state index in [1.54, 1.807) is 0 Å². The summed E-state index contributed by atoms with van der Waals surface area (Å²) >= 11 is 0. The van der Waals surface area contributed by atoms with Crippen LogP contribution in [0.15, 0.2) is 0 Å². The molecule has 2 atom stereocenters. The van der Waals surface area contributed by atoms with Crippen LogP contribution in [0, 0.1) is 5.92 Å². The van der Waals surface area contributed by atoms with Crippen molar-refractivity contribution in [3.63, 3.8) is 0 Å². The van der Waals surface area contributed by atoms with E-state index in [0.717, 1.165) is 19.3 Å². The molecule has 0 aromatic heterocycles. The zero-order valence-corrected chi connectivity index (χ0v) is 8.51. The molecule has 1 saturated carbocycles. The van der Waals surface area contributed by atoms with Gasteiger partial charge in [-0.25, -0.2) is 0 Å². The van der Waals surface area contributed by atoms with E-state index < -0.39 is 5.54 Å². The highest BCUT2D eigenvalue weighted by molar-refractivity contribution is 5.89. The van der Waals surface area contributed by atoms with Crippen molar-refractivity contribution in [2.24, 2.45) is 11.7 Å². The molecule has 13 heavy (non-hydrogen) atoms. The molecule has 2 unspecified atom stereocenters. The summed E-state index contributed by atoms with van der Waals surface area (Å²) in [4.78, 5) is 11.6. The number of hydrogen-bond donors (Lipinski definition) is 1. The van der Waals surface area contributed by atoms with Gasteiger partial charge in [0.25, 0.3) is 0 Å². The van der Waals surface area contributed by atoms with Gasteiger partial charge in [-0.1, -0.05) is 19.8 Å². The monoisotopic (exact) mass is 185 g/mol. The van der Waals surface area contributed by atoms with E-state index in [-0.39, 0.29) is 12.4 Å². The molecule has 0 saturated heterocycles. The molecule has 76 valence electrons. The van der Waals surface area contributed by atoms with Crippen LogP contribution >= 0.6 is 0 Å². The van der Waals surface area contributed by atoms with Gasteiger partial charge in [0, 0.05) is 7.11 Å². The lowest BCUT2D eigenvalue weighted by atomic mass is 9.75. The first-order chi connectivity index (χ1) is 6.08. The fourth-order valence-corrected chi connectivity index (χ4v) is 2.12. The number of hydrogen-bond acceptors (Lipinski definition) is 3. The molecule has 1 aliphatic rings. The Bertz CT molecular complexity index is 193. The van der Waals surface area contributed by atoms with Crippen molar-refractivity contribution >= 4 is 5.78 Å². The fraction of sp³-hybridized carbons (Fsp3) is 0.900. The van der Waals surface area contributed by atoms with Gasteiger partial charge in [-0.3, -0.25) is 4.79 Å². The van der Waals surface area contributed by atoms with Crippen molar-refractivity contribution in [1.82, 2.24) is 0 Å². The van der Waals surface area contributed by atoms with Gasteiger partial charge >= 0.3 is 0 Å². The zero-order valence-electron chi connectivity index (χ0n) is 8.51. The smallest absolute Gasteiger partial charge is 0.178 e. The summed E-state index contributed by atoms with van der Waals surface area (Å²) in [5.41, 5.74) is 5.45. The van der Waals surface area contributed by atoms with Gasteiger partial charge in [0.2, 0.25) is 0 Å². The summed E-state index contributed by atoms with van der Waals surface area (Å²) in [6.07, 6.45) is 3.89. The van der Waals surface area contributed by atoms with E-state index in [1.165, 1.54) is 13.5 Å². The Morgan fingerprint density at radius 1 is 1.69 bits per heavy atom. The van der Waals surface area contributed by atoms with Crippen LogP contribution in [0.2, 0.25) is 0 Å². The molecule has 0 aliphatic heterocycles. The van der Waals surface area contributed by atoms with Crippen LogP contribution in [-0.2, 0) is 9.53 Å². The van der Waals surface area contributed by atoms with Crippen LogP contribution in [0.5, 0.6) is 0 Å². The highest BCUT2D eigenvalue weighted by Gasteiger charge is 2.37. The zero-order chi connectivity index (χ0) is 9.90. The van der Waals surface area contributed by atoms with E-state index in [0.29, 0.717) is 5.92 Å². The van der Waals surface area contributed by atoms with Crippen LogP contribution in [0.4, 0.5) is 0 Å². The van der Waals surface area contributed by atoms with Gasteiger partial charge in [0.1, 0.15) is 6.61 Å². The molecule has 1 fully saturated rings. The Morgan fingerprint density at radius 2 is 2.38 bits per heavy atom. The lowest BCUT2D eigenvalue weighted by molar-refractivity contribution is -0.129. The molecule has 0 aromatic rings. The molecule has 0 radical (unpaired) electrons. The summed E-state index contributed by atoms with van der Waals surface area (Å²) < 4.78 is 4.83. The van der Waals surface area contributed by atoms with E-state index in [2.05, 4.69) is 6.92 Å². The maximum atomic E-state index is 11.6. The molecule has 0 bridgehead atoms. The highest BCUT2D eigenvalue weighted by Crippen LogP contribution is 2.30. The maximum Gasteiger partial charge on any atom is 0.178 e. The first-order valence-electron chi connectivity index (χ1n) is 4.89. The van der Waals surface area contributed by atoms with Crippen molar-refractivity contribution in [3.05, 3.63) is 0 Å². The second kappa shape index (κ2) is 4.20. The standard InChI is InChI=1S/C10H19NO2/c1-8-4-3-5-10(11,6-8)9(12)7-13-2/h8H,3-7,11H2,1-2H3. The Morgan fingerprint density at radius 3 is 2.92 bits per heavy atom. The number of ether oxygens (including phenoxy) is 1. The molecule has 0 amide bonds. The Labute approximate surface area is 79.6 Å². The predicted octanol–water partition coefficient (Wildman–Crippen LogP) is 1.11. The molecule has 0 aromatic carbocycles. The third kappa shape index (κ3) is 2.51. The third-order valence-corrected chi connectivity index (χ3v) is 2.86. The number of rotatable bonds is 3. The van der Waals surface area contributed by atoms with Crippen molar-refractivity contribution in [2.75, 3.05) is 13.7 Å². The van der Waals surface area contributed by atoms with Crippen molar-refractivity contribution in [1.29, 1.82) is 0 Å². The van der Waals surface area contributed by atoms with Gasteiger partial charge in [-0.2, -0.15) is 0 Å². The third-order valence-electron chi connectivity index (χ3n) is 2.86. The average molecular weight is 185 g/mol. The predicted molar refractivity (Wildman–Crippen MR) is 51.4 cm³/mol. The lowest BCUT2D eigenvalue weighted by Crippen LogP contribution is -2.52. The number of ketones is 1. The van der Waals surface area contributed by atoms with E-state index in [9.17, 15) is 4.79 Å². The second-order valence-corrected chi connectivity index (χ2v) is 4.21. The molecule has 1 aliphatic carbocycles. The average Bonchev–Trinajstić information content (AvgIpc) is 2.04. The van der Waals surface area contributed by atoms with Crippen LogP contribution in [-0.4, -0.2) is 25.0 Å². The molecule has 3 heteroatoms. The van der Waals surface area contributed by atoms with E-state index >= 15 is 0 Å². The lowest BCUT2D eigenvalue weighted by Gasteiger charge is -2.35. The maximum absolute atomic E-state index is 11.6. The molecule has 0 spiro atoms. The van der Waals surface area contributed by atoms with Gasteiger partial charge in [0.05, 0.1) is 5.54 Å². The number of Topliss-reactive ketones (excluding diaryl/α,β-unsaturated/α-hetero) is 1. The van der Waals surface area contributed by atoms with E-state index in [4.69, 9.17) is 10.5 Å². The Hall–Kier alpha value is -0.410. The first-order valence-corrected chi connectivity index (χ1v) is 4.89. The van der Waals surface area contributed by atoms with Crippen LogP contribution in [0.1, 0.15) is 32.6 Å². The summed E-state index contributed by atoms with van der Waals surface area (Å²) in [5.74, 6) is 0.626. The number of methoxy groups -OCH3 is 1. The first kappa shape index (κ1) is 10.7. The molecule has 2 N–H and O–H groups in total. The SMILES string of the molecule is COCC(=O)C1(N)CCCC(C)C1. The van der Waals surface area contributed by atoms with E-state index in [1.807, 2.05) is 0 Å². The van der Waals surface area contributed by atoms with Crippen LogP contribution < -0.4 is 5.73 Å². The molecular formula is C10H19NO2. The second-order valence-electron chi connectivity index (χ2n) is 4.21. The van der Waals surface area contributed by atoms with Gasteiger partial charge in [-0.05, 0) is 18.8 Å². The summed E-state index contributed by atoms with van der Waals surface area (Å²) in [5, 5.41) is 0. The topological polar surface area (TPSA) is 52.3 Å². The Balaban J connectivity index is 2.57. The molecule has 0 heterocycles. The summed E-state index contributed by atoms with van der Waals surface area (Å²) in [7, 11) is 1.54. The van der Waals surface area contributed by atoms with Crippen molar-refractivity contribution in [3.8, 4) is 0 Å². The number of carbonyl (C=O) groups excluding carboxylic acids is 1. The quantitative estimate of drug-likeness (QED) is 0.716. The molecule has 1 rings (SSSR count). The number of carbonyl (C=O) groups is 1. The highest BCUT2D eigenvalue weighted by atomic mass is 16.5. The van der Waals surface area contributed by atoms with Crippen molar-refractivity contribution in [2.45, 2.75) is 38.1 Å². The Kier molecular flexibility index (Phi) is 3.45. The minimum atomic E-state index is -0.603. The molecule has 3 nitrogen and oxygen atoms in total. The summed E-state index contributed by atoms with van der Waals surface area (Å²) in [6, 6.07) is 0. The van der Waals surface area contributed by atoms with Crippen LogP contribution in [0.25, 0.3) is 0 Å². The fourth-order valence-electron chi connectivity index (χ4n) is 2.12. The van der Waals surface area contributed by atoms with Crippen molar-refractivity contribution < 1.29 is 9.53 Å². The normalized spacial score (nSPS) is 34.5. The van der Waals surface area contributed by atoms with Gasteiger partial charge in [0.15, 0.2) is 5.78 Å². The summed E-state index contributed by atoms with van der Waals surface area (Å²) in [6.45, 7) is 2.31. The van der Waals surface area contributed by atoms with Gasteiger partial charge in [-0.15, -0.1) is 0 Å². The van der Waals surface area contributed by atoms with Gasteiger partial charge < -0.3 is 10.5 Å². The molecular weight excluding hydrogens is 166 g/mol. The minimum Gasteiger partial charge on any atom is -0.377 e. The largest absolute Gasteiger partial charge is 0.377 e. The number of nitrogens with two attached hydrogens (primary N) is 1. The minimum absolute atomic E-state index is 0.0570.